The van der Waals surface area contributed by atoms with Gasteiger partial charge in [-0.15, -0.1) is 11.3 Å². The summed E-state index contributed by atoms with van der Waals surface area (Å²) in [7, 11) is 0. The molecule has 0 spiro atoms. The maximum absolute atomic E-state index is 13.3. The molecule has 0 unspecified atom stereocenters. The average Bonchev–Trinajstić information content (AvgIpc) is 3.34. The highest BCUT2D eigenvalue weighted by atomic mass is 32.1. The first kappa shape index (κ1) is 26.0. The molecule has 0 aliphatic carbocycles. The molecule has 0 bridgehead atoms. The van der Waals surface area contributed by atoms with Crippen LogP contribution in [0.2, 0.25) is 0 Å². The molecule has 4 rings (SSSR count). The van der Waals surface area contributed by atoms with Crippen LogP contribution in [0.3, 0.4) is 0 Å². The quantitative estimate of drug-likeness (QED) is 0.266. The van der Waals surface area contributed by atoms with Crippen LogP contribution in [0.5, 0.6) is 0 Å². The number of nitrogen functional groups attached to an aromatic ring is 1. The van der Waals surface area contributed by atoms with Crippen molar-refractivity contribution in [1.82, 2.24) is 20.5 Å². The molecule has 0 saturated carbocycles. The second kappa shape index (κ2) is 11.3. The van der Waals surface area contributed by atoms with Gasteiger partial charge in [-0.05, 0) is 54.3 Å². The number of rotatable bonds is 8. The third kappa shape index (κ3) is 6.00. The first-order valence-corrected chi connectivity index (χ1v) is 12.6. The van der Waals surface area contributed by atoms with Crippen molar-refractivity contribution < 1.29 is 18.8 Å². The number of benzene rings is 1. The van der Waals surface area contributed by atoms with E-state index in [1.165, 1.54) is 29.7 Å². The first-order chi connectivity index (χ1) is 17.8. The van der Waals surface area contributed by atoms with Crippen LogP contribution in [-0.4, -0.2) is 46.4 Å². The minimum Gasteiger partial charge on any atom is -0.398 e. The molecule has 5 N–H and O–H groups in total. The number of amides is 3. The summed E-state index contributed by atoms with van der Waals surface area (Å²) in [4.78, 5) is 45.7. The Morgan fingerprint density at radius 3 is 2.78 bits per heavy atom. The Morgan fingerprint density at radius 2 is 2.05 bits per heavy atom. The van der Waals surface area contributed by atoms with Crippen molar-refractivity contribution in [2.75, 3.05) is 12.3 Å². The van der Waals surface area contributed by atoms with Crippen molar-refractivity contribution in [2.24, 2.45) is 0 Å². The van der Waals surface area contributed by atoms with Crippen LogP contribution in [0, 0.1) is 11.2 Å². The summed E-state index contributed by atoms with van der Waals surface area (Å²) in [6.07, 6.45) is 4.69. The summed E-state index contributed by atoms with van der Waals surface area (Å²) in [6.45, 7) is 2.81. The molecule has 0 radical (unpaired) electrons. The van der Waals surface area contributed by atoms with E-state index in [2.05, 4.69) is 15.6 Å². The molecule has 192 valence electrons. The molecule has 2 aromatic heterocycles. The molecule has 1 aliphatic rings. The molecule has 9 nitrogen and oxygen atoms in total. The fourth-order valence-corrected chi connectivity index (χ4v) is 5.18. The Hall–Kier alpha value is -4.12. The van der Waals surface area contributed by atoms with Crippen molar-refractivity contribution >= 4 is 41.0 Å². The minimum atomic E-state index is -0.712. The number of carbonyl (C=O) groups is 3. The van der Waals surface area contributed by atoms with Crippen molar-refractivity contribution in [1.29, 1.82) is 5.41 Å². The number of nitrogens with one attached hydrogen (secondary N) is 3. The van der Waals surface area contributed by atoms with E-state index in [4.69, 9.17) is 11.1 Å². The summed E-state index contributed by atoms with van der Waals surface area (Å²) in [5.41, 5.74) is 8.41. The molecular weight excluding hydrogens is 495 g/mol. The highest BCUT2D eigenvalue weighted by Crippen LogP contribution is 2.29. The molecule has 3 amide bonds. The van der Waals surface area contributed by atoms with Gasteiger partial charge in [0.25, 0.3) is 11.8 Å². The van der Waals surface area contributed by atoms with Crippen molar-refractivity contribution in [3.63, 3.8) is 0 Å². The minimum absolute atomic E-state index is 0.157. The maximum atomic E-state index is 13.3. The van der Waals surface area contributed by atoms with Gasteiger partial charge in [0.1, 0.15) is 11.9 Å². The SMILES string of the molecule is CC[C@@H](NC(=O)c1ccc(N)c(C=N)c1)C(=O)N1CCc2sc(C(=O)NCc3cncc(F)c3)cc2C1. The molecule has 0 saturated heterocycles. The van der Waals surface area contributed by atoms with E-state index < -0.39 is 17.8 Å². The zero-order valence-corrected chi connectivity index (χ0v) is 21.0. The van der Waals surface area contributed by atoms with Crippen LogP contribution < -0.4 is 16.4 Å². The van der Waals surface area contributed by atoms with Crippen molar-refractivity contribution in [2.45, 2.75) is 38.9 Å². The molecule has 3 aromatic rings. The Kier molecular flexibility index (Phi) is 7.92. The number of carbonyl (C=O) groups excluding carboxylic acids is 3. The highest BCUT2D eigenvalue weighted by Gasteiger charge is 2.29. The number of fused-ring (bicyclic) bond motifs is 1. The summed E-state index contributed by atoms with van der Waals surface area (Å²) in [6, 6.07) is 7.03. The summed E-state index contributed by atoms with van der Waals surface area (Å²) in [5, 5.41) is 13.0. The van der Waals surface area contributed by atoms with Crippen LogP contribution in [0.25, 0.3) is 0 Å². The van der Waals surface area contributed by atoms with Gasteiger partial charge in [0.15, 0.2) is 0 Å². The van der Waals surface area contributed by atoms with E-state index in [1.807, 2.05) is 6.92 Å². The van der Waals surface area contributed by atoms with E-state index in [0.717, 1.165) is 22.9 Å². The predicted octanol–water partition coefficient (Wildman–Crippen LogP) is 2.89. The standard InChI is InChI=1S/C26H27FN6O3S/c1-2-21(32-24(34)16-3-4-20(29)17(8-16)10-28)26(36)33-6-5-22-18(14-33)9-23(37-22)25(35)31-12-15-7-19(27)13-30-11-15/h3-4,7-11,13,21,28H,2,5-6,12,14,29H2,1H3,(H,31,35)(H,32,34)/t21-/m1/s1. The zero-order valence-electron chi connectivity index (χ0n) is 20.2. The number of nitrogens with zero attached hydrogens (tertiary/aromatic N) is 2. The predicted molar refractivity (Wildman–Crippen MR) is 139 cm³/mol. The van der Waals surface area contributed by atoms with Gasteiger partial charge < -0.3 is 26.7 Å². The van der Waals surface area contributed by atoms with Crippen LogP contribution >= 0.6 is 11.3 Å². The van der Waals surface area contributed by atoms with Gasteiger partial charge >= 0.3 is 0 Å². The summed E-state index contributed by atoms with van der Waals surface area (Å²) >= 11 is 1.38. The van der Waals surface area contributed by atoms with Gasteiger partial charge in [-0.1, -0.05) is 6.92 Å². The van der Waals surface area contributed by atoms with E-state index in [9.17, 15) is 18.8 Å². The number of thiophene rings is 1. The second-order valence-corrected chi connectivity index (χ2v) is 9.82. The van der Waals surface area contributed by atoms with Crippen LogP contribution in [0.1, 0.15) is 54.9 Å². The van der Waals surface area contributed by atoms with Gasteiger partial charge in [0.2, 0.25) is 5.91 Å². The number of aromatic nitrogens is 1. The third-order valence-corrected chi connectivity index (χ3v) is 7.37. The molecule has 1 aromatic carbocycles. The number of hydrogen-bond donors (Lipinski definition) is 4. The van der Waals surface area contributed by atoms with E-state index in [0.29, 0.717) is 53.2 Å². The smallest absolute Gasteiger partial charge is 0.261 e. The van der Waals surface area contributed by atoms with Gasteiger partial charge in [0, 0.05) is 53.7 Å². The fraction of sp³-hybridized carbons (Fsp3) is 0.269. The number of nitrogens with two attached hydrogens (primary N) is 1. The van der Waals surface area contributed by atoms with Gasteiger partial charge in [-0.3, -0.25) is 19.4 Å². The van der Waals surface area contributed by atoms with Crippen molar-refractivity contribution in [3.05, 3.63) is 80.6 Å². The molecule has 1 aliphatic heterocycles. The molecule has 3 heterocycles. The first-order valence-electron chi connectivity index (χ1n) is 11.8. The van der Waals surface area contributed by atoms with E-state index in [1.54, 1.807) is 23.1 Å². The van der Waals surface area contributed by atoms with Gasteiger partial charge in [-0.25, -0.2) is 4.39 Å². The lowest BCUT2D eigenvalue weighted by Gasteiger charge is -2.30. The normalized spacial score (nSPS) is 13.4. The fourth-order valence-electron chi connectivity index (χ4n) is 4.10. The average molecular weight is 523 g/mol. The Labute approximate surface area is 217 Å². The van der Waals surface area contributed by atoms with Crippen LogP contribution in [0.15, 0.2) is 42.7 Å². The van der Waals surface area contributed by atoms with Crippen molar-refractivity contribution in [3.8, 4) is 0 Å². The monoisotopic (exact) mass is 522 g/mol. The van der Waals surface area contributed by atoms with E-state index >= 15 is 0 Å². The lowest BCUT2D eigenvalue weighted by Crippen LogP contribution is -2.49. The maximum Gasteiger partial charge on any atom is 0.261 e. The summed E-state index contributed by atoms with van der Waals surface area (Å²) in [5.74, 6) is -1.34. The van der Waals surface area contributed by atoms with Gasteiger partial charge in [-0.2, -0.15) is 0 Å². The zero-order chi connectivity index (χ0) is 26.5. The van der Waals surface area contributed by atoms with Gasteiger partial charge in [0.05, 0.1) is 11.1 Å². The molecule has 1 atom stereocenters. The number of pyridine rings is 1. The molecular formula is C26H27FN6O3S. The molecule has 0 fully saturated rings. The topological polar surface area (TPSA) is 141 Å². The Bertz CT molecular complexity index is 1360. The third-order valence-electron chi connectivity index (χ3n) is 6.13. The Balaban J connectivity index is 1.38. The lowest BCUT2D eigenvalue weighted by atomic mass is 10.1. The van der Waals surface area contributed by atoms with E-state index in [-0.39, 0.29) is 18.4 Å². The number of hydrogen-bond acceptors (Lipinski definition) is 7. The number of halogens is 1. The highest BCUT2D eigenvalue weighted by molar-refractivity contribution is 7.14. The second-order valence-electron chi connectivity index (χ2n) is 8.69. The van der Waals surface area contributed by atoms with Crippen LogP contribution in [-0.2, 0) is 24.3 Å². The molecule has 11 heteroatoms. The number of anilines is 1. The Morgan fingerprint density at radius 1 is 1.24 bits per heavy atom. The lowest BCUT2D eigenvalue weighted by molar-refractivity contribution is -0.134. The summed E-state index contributed by atoms with van der Waals surface area (Å²) < 4.78 is 13.3. The van der Waals surface area contributed by atoms with Crippen LogP contribution in [0.4, 0.5) is 10.1 Å². The largest absolute Gasteiger partial charge is 0.398 e. The molecule has 37 heavy (non-hydrogen) atoms.